The number of aryl methyl sites for hydroxylation is 1. The maximum atomic E-state index is 13.7. The van der Waals surface area contributed by atoms with Crippen molar-refractivity contribution in [1.29, 1.82) is 0 Å². The van der Waals surface area contributed by atoms with Gasteiger partial charge in [-0.25, -0.2) is 13.2 Å². The summed E-state index contributed by atoms with van der Waals surface area (Å²) in [5.41, 5.74) is 0. The average molecular weight is 341 g/mol. The minimum Gasteiger partial charge on any atom is -0.484 e. The fraction of sp³-hybridized carbons (Fsp3) is 0.400. The van der Waals surface area contributed by atoms with Crippen molar-refractivity contribution < 1.29 is 27.1 Å². The number of amides is 1. The predicted octanol–water partition coefficient (Wildman–Crippen LogP) is 2.50. The number of hydrogen-bond donors (Lipinski definition) is 0. The van der Waals surface area contributed by atoms with Crippen molar-refractivity contribution >= 4 is 5.91 Å². The number of carbonyl (C=O) groups is 1. The molecule has 0 saturated carbocycles. The van der Waals surface area contributed by atoms with Gasteiger partial charge >= 0.3 is 0 Å². The van der Waals surface area contributed by atoms with Gasteiger partial charge in [-0.05, 0) is 24.3 Å². The van der Waals surface area contributed by atoms with Crippen LogP contribution in [0, 0.1) is 12.7 Å². The lowest BCUT2D eigenvalue weighted by Gasteiger charge is -2.21. The van der Waals surface area contributed by atoms with Gasteiger partial charge in [-0.1, -0.05) is 0 Å². The standard InChI is InChI=1S/C15H14F3N3O3/c1-9-19-20-14(24-9)12-6-15(17,18)8-21(12)13(22)7-23-11-4-2-10(16)3-5-11/h2-5,12H,6-8H2,1H3/t12-/m0/s1. The highest BCUT2D eigenvalue weighted by atomic mass is 19.3. The lowest BCUT2D eigenvalue weighted by atomic mass is 10.2. The van der Waals surface area contributed by atoms with E-state index in [1.54, 1.807) is 0 Å². The predicted molar refractivity (Wildman–Crippen MR) is 74.9 cm³/mol. The van der Waals surface area contributed by atoms with Crippen LogP contribution in [0.3, 0.4) is 0 Å². The average Bonchev–Trinajstić information content (AvgIpc) is 3.09. The Kier molecular flexibility index (Phi) is 4.16. The Labute approximate surface area is 135 Å². The number of aromatic nitrogens is 2. The third-order valence-corrected chi connectivity index (χ3v) is 3.59. The molecule has 0 spiro atoms. The van der Waals surface area contributed by atoms with Crippen LogP contribution in [0.2, 0.25) is 0 Å². The second-order valence-corrected chi connectivity index (χ2v) is 5.50. The molecular weight excluding hydrogens is 327 g/mol. The lowest BCUT2D eigenvalue weighted by Crippen LogP contribution is -2.36. The second-order valence-electron chi connectivity index (χ2n) is 5.50. The number of alkyl halides is 2. The first kappa shape index (κ1) is 16.3. The van der Waals surface area contributed by atoms with E-state index in [1.807, 2.05) is 0 Å². The van der Waals surface area contributed by atoms with Gasteiger partial charge in [-0.15, -0.1) is 10.2 Å². The quantitative estimate of drug-likeness (QED) is 0.855. The Morgan fingerprint density at radius 3 is 2.71 bits per heavy atom. The summed E-state index contributed by atoms with van der Waals surface area (Å²) >= 11 is 0. The molecule has 0 N–H and O–H groups in total. The number of halogens is 3. The molecule has 1 aliphatic heterocycles. The summed E-state index contributed by atoms with van der Waals surface area (Å²) < 4.78 is 50.7. The van der Waals surface area contributed by atoms with E-state index in [4.69, 9.17) is 9.15 Å². The second kappa shape index (κ2) is 6.14. The zero-order chi connectivity index (χ0) is 17.3. The van der Waals surface area contributed by atoms with Crippen LogP contribution in [0.25, 0.3) is 0 Å². The van der Waals surface area contributed by atoms with Gasteiger partial charge in [0, 0.05) is 13.3 Å². The maximum absolute atomic E-state index is 13.7. The zero-order valence-corrected chi connectivity index (χ0v) is 12.7. The van der Waals surface area contributed by atoms with Gasteiger partial charge in [-0.3, -0.25) is 4.79 Å². The van der Waals surface area contributed by atoms with Crippen LogP contribution < -0.4 is 4.74 Å². The van der Waals surface area contributed by atoms with Crippen molar-refractivity contribution in [2.24, 2.45) is 0 Å². The summed E-state index contributed by atoms with van der Waals surface area (Å²) in [5.74, 6) is -3.66. The molecule has 24 heavy (non-hydrogen) atoms. The molecule has 0 aliphatic carbocycles. The molecule has 1 fully saturated rings. The van der Waals surface area contributed by atoms with Crippen LogP contribution >= 0.6 is 0 Å². The minimum atomic E-state index is -3.04. The molecule has 128 valence electrons. The molecule has 1 amide bonds. The fourth-order valence-electron chi connectivity index (χ4n) is 2.50. The van der Waals surface area contributed by atoms with Crippen molar-refractivity contribution in [3.63, 3.8) is 0 Å². The van der Waals surface area contributed by atoms with Gasteiger partial charge in [0.25, 0.3) is 11.8 Å². The Bertz CT molecular complexity index is 733. The number of carbonyl (C=O) groups excluding carboxylic acids is 1. The molecule has 1 atom stereocenters. The Morgan fingerprint density at radius 2 is 2.08 bits per heavy atom. The van der Waals surface area contributed by atoms with Crippen molar-refractivity contribution in [2.45, 2.75) is 25.3 Å². The molecular formula is C15H14F3N3O3. The zero-order valence-electron chi connectivity index (χ0n) is 12.7. The molecule has 9 heteroatoms. The Hall–Kier alpha value is -2.58. The van der Waals surface area contributed by atoms with Gasteiger partial charge < -0.3 is 14.1 Å². The first-order valence-electron chi connectivity index (χ1n) is 7.20. The molecule has 0 bridgehead atoms. The summed E-state index contributed by atoms with van der Waals surface area (Å²) in [4.78, 5) is 13.2. The number of likely N-dealkylation sites (tertiary alicyclic amines) is 1. The normalized spacial score (nSPS) is 19.5. The molecule has 3 rings (SSSR count). The van der Waals surface area contributed by atoms with E-state index in [1.165, 1.54) is 31.2 Å². The van der Waals surface area contributed by atoms with Crippen molar-refractivity contribution in [1.82, 2.24) is 15.1 Å². The fourth-order valence-corrected chi connectivity index (χ4v) is 2.50. The van der Waals surface area contributed by atoms with Crippen LogP contribution in [-0.2, 0) is 4.79 Å². The molecule has 1 saturated heterocycles. The van der Waals surface area contributed by atoms with E-state index >= 15 is 0 Å². The van der Waals surface area contributed by atoms with Crippen LogP contribution in [-0.4, -0.2) is 40.1 Å². The third-order valence-electron chi connectivity index (χ3n) is 3.59. The molecule has 2 aromatic rings. The summed E-state index contributed by atoms with van der Waals surface area (Å²) in [6.07, 6.45) is -0.586. The smallest absolute Gasteiger partial charge is 0.267 e. The van der Waals surface area contributed by atoms with Gasteiger partial charge in [0.1, 0.15) is 17.6 Å². The van der Waals surface area contributed by atoms with E-state index in [-0.39, 0.29) is 17.5 Å². The van der Waals surface area contributed by atoms with Crippen LogP contribution in [0.1, 0.15) is 24.2 Å². The van der Waals surface area contributed by atoms with E-state index in [0.29, 0.717) is 0 Å². The molecule has 1 aromatic heterocycles. The summed E-state index contributed by atoms with van der Waals surface area (Å²) in [6.45, 7) is 0.337. The van der Waals surface area contributed by atoms with Gasteiger partial charge in [0.15, 0.2) is 6.61 Å². The number of hydrogen-bond acceptors (Lipinski definition) is 5. The molecule has 6 nitrogen and oxygen atoms in total. The molecule has 1 aromatic carbocycles. The van der Waals surface area contributed by atoms with Crippen molar-refractivity contribution in [2.75, 3.05) is 13.2 Å². The van der Waals surface area contributed by atoms with Crippen LogP contribution in [0.5, 0.6) is 5.75 Å². The van der Waals surface area contributed by atoms with Gasteiger partial charge in [-0.2, -0.15) is 0 Å². The third kappa shape index (κ3) is 3.50. The number of ether oxygens (including phenoxy) is 1. The first-order chi connectivity index (χ1) is 11.3. The molecule has 1 aliphatic rings. The summed E-state index contributed by atoms with van der Waals surface area (Å²) in [5, 5.41) is 7.34. The van der Waals surface area contributed by atoms with Crippen molar-refractivity contribution in [3.05, 3.63) is 41.9 Å². The SMILES string of the molecule is Cc1nnc([C@@H]2CC(F)(F)CN2C(=O)COc2ccc(F)cc2)o1. The summed E-state index contributed by atoms with van der Waals surface area (Å²) in [6, 6.07) is 4.05. The first-order valence-corrected chi connectivity index (χ1v) is 7.20. The van der Waals surface area contributed by atoms with Crippen LogP contribution in [0.4, 0.5) is 13.2 Å². The van der Waals surface area contributed by atoms with E-state index < -0.39 is 43.3 Å². The van der Waals surface area contributed by atoms with Gasteiger partial charge in [0.05, 0.1) is 6.54 Å². The Morgan fingerprint density at radius 1 is 1.38 bits per heavy atom. The largest absolute Gasteiger partial charge is 0.484 e. The molecule has 0 radical (unpaired) electrons. The van der Waals surface area contributed by atoms with Crippen molar-refractivity contribution in [3.8, 4) is 5.75 Å². The number of rotatable bonds is 4. The highest BCUT2D eigenvalue weighted by molar-refractivity contribution is 5.78. The van der Waals surface area contributed by atoms with E-state index in [0.717, 1.165) is 4.90 Å². The summed E-state index contributed by atoms with van der Waals surface area (Å²) in [7, 11) is 0. The molecule has 2 heterocycles. The monoisotopic (exact) mass is 341 g/mol. The number of nitrogens with zero attached hydrogens (tertiary/aromatic N) is 3. The van der Waals surface area contributed by atoms with Crippen LogP contribution in [0.15, 0.2) is 28.7 Å². The highest BCUT2D eigenvalue weighted by Gasteiger charge is 2.49. The maximum Gasteiger partial charge on any atom is 0.267 e. The Balaban J connectivity index is 1.70. The topological polar surface area (TPSA) is 68.5 Å². The molecule has 0 unspecified atom stereocenters. The highest BCUT2D eigenvalue weighted by Crippen LogP contribution is 2.40. The van der Waals surface area contributed by atoms with Gasteiger partial charge in [0.2, 0.25) is 11.8 Å². The lowest BCUT2D eigenvalue weighted by molar-refractivity contribution is -0.135. The number of benzene rings is 1. The minimum absolute atomic E-state index is 0.0280. The van der Waals surface area contributed by atoms with E-state index in [2.05, 4.69) is 10.2 Å². The van der Waals surface area contributed by atoms with E-state index in [9.17, 15) is 18.0 Å².